The number of nitrogens with zero attached hydrogens (tertiary/aromatic N) is 1. The molecule has 0 saturated heterocycles. The predicted octanol–water partition coefficient (Wildman–Crippen LogP) is 3.71. The van der Waals surface area contributed by atoms with Gasteiger partial charge in [-0.3, -0.25) is 4.98 Å². The molecule has 0 saturated carbocycles. The Bertz CT molecular complexity index is 569. The van der Waals surface area contributed by atoms with Gasteiger partial charge in [-0.15, -0.1) is 0 Å². The van der Waals surface area contributed by atoms with Gasteiger partial charge in [-0.25, -0.2) is 4.39 Å². The van der Waals surface area contributed by atoms with Crippen LogP contribution in [-0.4, -0.2) is 17.6 Å². The number of pyridine rings is 1. The van der Waals surface area contributed by atoms with Crippen LogP contribution in [-0.2, 0) is 0 Å². The maximum absolute atomic E-state index is 14.0. The summed E-state index contributed by atoms with van der Waals surface area (Å²) in [4.78, 5) is 3.81. The molecule has 1 unspecified atom stereocenters. The first-order valence-electron chi connectivity index (χ1n) is 7.21. The monoisotopic (exact) mass is 288 g/mol. The van der Waals surface area contributed by atoms with E-state index in [0.717, 1.165) is 17.9 Å². The van der Waals surface area contributed by atoms with Crippen LogP contribution in [0.1, 0.15) is 37.9 Å². The van der Waals surface area contributed by atoms with Gasteiger partial charge >= 0.3 is 0 Å². The van der Waals surface area contributed by atoms with Crippen LogP contribution in [0.15, 0.2) is 42.7 Å². The number of rotatable bonds is 6. The van der Waals surface area contributed by atoms with Crippen molar-refractivity contribution < 1.29 is 9.13 Å². The maximum Gasteiger partial charge on any atom is 0.146 e. The summed E-state index contributed by atoms with van der Waals surface area (Å²) in [6.45, 7) is 6.72. The number of ether oxygens (including phenoxy) is 1. The average molecular weight is 288 g/mol. The Morgan fingerprint density at radius 2 is 1.90 bits per heavy atom. The van der Waals surface area contributed by atoms with Crippen molar-refractivity contribution in [2.24, 2.45) is 0 Å². The Labute approximate surface area is 125 Å². The molecule has 1 heterocycles. The zero-order valence-corrected chi connectivity index (χ0v) is 12.6. The van der Waals surface area contributed by atoms with Crippen LogP contribution in [0.25, 0.3) is 0 Å². The van der Waals surface area contributed by atoms with Gasteiger partial charge in [-0.1, -0.05) is 19.1 Å². The number of hydrogen-bond donors (Lipinski definition) is 1. The Balaban J connectivity index is 2.28. The summed E-state index contributed by atoms with van der Waals surface area (Å²) < 4.78 is 19.6. The Kier molecular flexibility index (Phi) is 5.28. The molecule has 0 aliphatic rings. The summed E-state index contributed by atoms with van der Waals surface area (Å²) in [7, 11) is 0. The van der Waals surface area contributed by atoms with E-state index in [-0.39, 0.29) is 18.0 Å². The highest BCUT2D eigenvalue weighted by atomic mass is 19.1. The van der Waals surface area contributed by atoms with E-state index >= 15 is 0 Å². The van der Waals surface area contributed by atoms with E-state index in [9.17, 15) is 4.39 Å². The minimum absolute atomic E-state index is 0.137. The molecule has 0 aliphatic heterocycles. The van der Waals surface area contributed by atoms with Gasteiger partial charge in [0.25, 0.3) is 0 Å². The second-order valence-corrected chi connectivity index (χ2v) is 5.12. The standard InChI is InChI=1S/C17H21FN2O/c1-4-20-17(15-9-10-19-11-16(15)18)13-5-7-14(8-6-13)21-12(2)3/h5-12,17,20H,4H2,1-3H3. The average Bonchev–Trinajstić information content (AvgIpc) is 2.46. The van der Waals surface area contributed by atoms with Gasteiger partial charge in [0.15, 0.2) is 0 Å². The van der Waals surface area contributed by atoms with Crippen LogP contribution >= 0.6 is 0 Å². The SMILES string of the molecule is CCNC(c1ccc(OC(C)C)cc1)c1ccncc1F. The lowest BCUT2D eigenvalue weighted by atomic mass is 9.99. The predicted molar refractivity (Wildman–Crippen MR) is 81.9 cm³/mol. The van der Waals surface area contributed by atoms with Gasteiger partial charge in [-0.05, 0) is 44.2 Å². The number of aromatic nitrogens is 1. The summed E-state index contributed by atoms with van der Waals surface area (Å²) in [5.41, 5.74) is 1.60. The minimum atomic E-state index is -0.300. The van der Waals surface area contributed by atoms with Crippen molar-refractivity contribution >= 4 is 0 Å². The molecule has 2 aromatic rings. The van der Waals surface area contributed by atoms with E-state index in [1.54, 1.807) is 12.3 Å². The lowest BCUT2D eigenvalue weighted by Gasteiger charge is -2.20. The summed E-state index contributed by atoms with van der Waals surface area (Å²) in [6, 6.07) is 9.28. The lowest BCUT2D eigenvalue weighted by molar-refractivity contribution is 0.242. The summed E-state index contributed by atoms with van der Waals surface area (Å²) >= 11 is 0. The molecule has 1 atom stereocenters. The molecule has 4 heteroatoms. The van der Waals surface area contributed by atoms with Gasteiger partial charge < -0.3 is 10.1 Å². The van der Waals surface area contributed by atoms with Crippen LogP contribution < -0.4 is 10.1 Å². The molecule has 0 aliphatic carbocycles. The molecule has 1 aromatic heterocycles. The first-order valence-corrected chi connectivity index (χ1v) is 7.21. The second kappa shape index (κ2) is 7.18. The molecular weight excluding hydrogens is 267 g/mol. The zero-order valence-electron chi connectivity index (χ0n) is 12.6. The van der Waals surface area contributed by atoms with Crippen LogP contribution in [0, 0.1) is 5.82 Å². The van der Waals surface area contributed by atoms with Crippen LogP contribution in [0.3, 0.4) is 0 Å². The fourth-order valence-electron chi connectivity index (χ4n) is 2.24. The van der Waals surface area contributed by atoms with Crippen LogP contribution in [0.2, 0.25) is 0 Å². The number of hydrogen-bond acceptors (Lipinski definition) is 3. The second-order valence-electron chi connectivity index (χ2n) is 5.12. The summed E-state index contributed by atoms with van der Waals surface area (Å²) in [6.07, 6.45) is 2.99. The molecule has 0 bridgehead atoms. The third-order valence-electron chi connectivity index (χ3n) is 3.11. The first kappa shape index (κ1) is 15.4. The maximum atomic E-state index is 14.0. The van der Waals surface area contributed by atoms with Gasteiger partial charge in [0.1, 0.15) is 11.6 Å². The van der Waals surface area contributed by atoms with E-state index in [0.29, 0.717) is 5.56 Å². The van der Waals surface area contributed by atoms with Crippen LogP contribution in [0.4, 0.5) is 4.39 Å². The van der Waals surface area contributed by atoms with Crippen molar-refractivity contribution in [3.05, 3.63) is 59.7 Å². The smallest absolute Gasteiger partial charge is 0.146 e. The summed E-state index contributed by atoms with van der Waals surface area (Å²) in [5.74, 6) is 0.519. The number of halogens is 1. The number of benzene rings is 1. The van der Waals surface area contributed by atoms with Crippen molar-refractivity contribution in [2.75, 3.05) is 6.54 Å². The summed E-state index contributed by atoms with van der Waals surface area (Å²) in [5, 5.41) is 3.31. The quantitative estimate of drug-likeness (QED) is 0.880. The first-order chi connectivity index (χ1) is 10.1. The highest BCUT2D eigenvalue weighted by Gasteiger charge is 2.17. The van der Waals surface area contributed by atoms with Crippen molar-refractivity contribution in [1.82, 2.24) is 10.3 Å². The van der Waals surface area contributed by atoms with Crippen LogP contribution in [0.5, 0.6) is 5.75 Å². The Morgan fingerprint density at radius 1 is 1.19 bits per heavy atom. The third-order valence-corrected chi connectivity index (χ3v) is 3.11. The molecule has 1 N–H and O–H groups in total. The van der Waals surface area contributed by atoms with Gasteiger partial charge in [0.05, 0.1) is 18.3 Å². The van der Waals surface area contributed by atoms with Crippen molar-refractivity contribution in [3.8, 4) is 5.75 Å². The van der Waals surface area contributed by atoms with E-state index in [1.165, 1.54) is 6.20 Å². The molecule has 1 aromatic carbocycles. The minimum Gasteiger partial charge on any atom is -0.491 e. The third kappa shape index (κ3) is 4.02. The van der Waals surface area contributed by atoms with E-state index in [2.05, 4.69) is 10.3 Å². The highest BCUT2D eigenvalue weighted by Crippen LogP contribution is 2.25. The fourth-order valence-corrected chi connectivity index (χ4v) is 2.24. The molecule has 0 amide bonds. The van der Waals surface area contributed by atoms with E-state index < -0.39 is 0 Å². The molecular formula is C17H21FN2O. The lowest BCUT2D eigenvalue weighted by Crippen LogP contribution is -2.23. The highest BCUT2D eigenvalue weighted by molar-refractivity contribution is 5.35. The molecule has 3 nitrogen and oxygen atoms in total. The fraction of sp³-hybridized carbons (Fsp3) is 0.353. The molecule has 2 rings (SSSR count). The molecule has 0 fully saturated rings. The number of nitrogens with one attached hydrogen (secondary N) is 1. The van der Waals surface area contributed by atoms with Gasteiger partial charge in [0.2, 0.25) is 0 Å². The van der Waals surface area contributed by atoms with Gasteiger partial charge in [-0.2, -0.15) is 0 Å². The van der Waals surface area contributed by atoms with E-state index in [4.69, 9.17) is 4.74 Å². The Morgan fingerprint density at radius 3 is 2.48 bits per heavy atom. The Hall–Kier alpha value is -1.94. The van der Waals surface area contributed by atoms with E-state index in [1.807, 2.05) is 45.0 Å². The molecule has 112 valence electrons. The molecule has 21 heavy (non-hydrogen) atoms. The molecule has 0 spiro atoms. The van der Waals surface area contributed by atoms with Crippen molar-refractivity contribution in [1.29, 1.82) is 0 Å². The van der Waals surface area contributed by atoms with Crippen molar-refractivity contribution in [3.63, 3.8) is 0 Å². The van der Waals surface area contributed by atoms with Crippen molar-refractivity contribution in [2.45, 2.75) is 32.9 Å². The molecule has 0 radical (unpaired) electrons. The zero-order chi connectivity index (χ0) is 15.2. The normalized spacial score (nSPS) is 12.4. The van der Waals surface area contributed by atoms with Gasteiger partial charge in [0, 0.05) is 11.8 Å². The topological polar surface area (TPSA) is 34.1 Å². The largest absolute Gasteiger partial charge is 0.491 e.